The molecule has 0 fully saturated rings. The Labute approximate surface area is 104 Å². The molecule has 0 aliphatic carbocycles. The van der Waals surface area contributed by atoms with Gasteiger partial charge in [0.2, 0.25) is 0 Å². The van der Waals surface area contributed by atoms with Crippen molar-refractivity contribution in [1.82, 2.24) is 0 Å². The van der Waals surface area contributed by atoms with E-state index in [1.54, 1.807) is 0 Å². The maximum atomic E-state index is 5.75. The van der Waals surface area contributed by atoms with E-state index in [-0.39, 0.29) is 0 Å². The monoisotopic (exact) mass is 230 g/mol. The lowest BCUT2D eigenvalue weighted by Gasteiger charge is -2.26. The zero-order valence-electron chi connectivity index (χ0n) is 11.1. The van der Waals surface area contributed by atoms with Crippen LogP contribution >= 0.6 is 0 Å². The van der Waals surface area contributed by atoms with Gasteiger partial charge < -0.3 is 4.74 Å². The minimum absolute atomic E-state index is 0.640. The Morgan fingerprint density at radius 3 is 3.00 bits per heavy atom. The maximum absolute atomic E-state index is 5.75. The van der Waals surface area contributed by atoms with Gasteiger partial charge in [-0.3, -0.25) is 0 Å². The Morgan fingerprint density at radius 2 is 2.29 bits per heavy atom. The summed E-state index contributed by atoms with van der Waals surface area (Å²) in [5.41, 5.74) is 4.30. The van der Waals surface area contributed by atoms with Crippen LogP contribution < -0.4 is 4.74 Å². The van der Waals surface area contributed by atoms with Crippen molar-refractivity contribution < 1.29 is 4.74 Å². The quantitative estimate of drug-likeness (QED) is 0.696. The molecule has 17 heavy (non-hydrogen) atoms. The molecule has 1 aromatic rings. The van der Waals surface area contributed by atoms with E-state index < -0.39 is 0 Å². The molecular formula is C16H22O. The van der Waals surface area contributed by atoms with Crippen LogP contribution in [0.3, 0.4) is 0 Å². The molecular weight excluding hydrogens is 208 g/mol. The van der Waals surface area contributed by atoms with Gasteiger partial charge in [-0.05, 0) is 56.2 Å². The van der Waals surface area contributed by atoms with Gasteiger partial charge >= 0.3 is 0 Å². The van der Waals surface area contributed by atoms with Crippen molar-refractivity contribution in [1.29, 1.82) is 0 Å². The van der Waals surface area contributed by atoms with Gasteiger partial charge in [0.25, 0.3) is 0 Å². The molecule has 0 saturated carbocycles. The molecule has 1 nitrogen and oxygen atoms in total. The molecule has 1 heteroatoms. The second-order valence-electron chi connectivity index (χ2n) is 4.90. The van der Waals surface area contributed by atoms with E-state index in [0.29, 0.717) is 5.92 Å². The van der Waals surface area contributed by atoms with Gasteiger partial charge in [0.15, 0.2) is 0 Å². The molecule has 0 radical (unpaired) electrons. The van der Waals surface area contributed by atoms with Crippen LogP contribution in [0.1, 0.15) is 50.7 Å². The Hall–Kier alpha value is -1.24. The summed E-state index contributed by atoms with van der Waals surface area (Å²) in [5.74, 6) is 1.74. The fraction of sp³-hybridized carbons (Fsp3) is 0.500. The summed E-state index contributed by atoms with van der Waals surface area (Å²) < 4.78 is 5.75. The molecule has 1 aliphatic rings. The molecule has 0 bridgehead atoms. The normalized spacial score (nSPS) is 19.7. The summed E-state index contributed by atoms with van der Waals surface area (Å²) in [5, 5.41) is 0. The first-order chi connectivity index (χ1) is 8.24. The van der Waals surface area contributed by atoms with Gasteiger partial charge in [0, 0.05) is 0 Å². The molecule has 0 N–H and O–H groups in total. The molecule has 0 amide bonds. The third-order valence-corrected chi connectivity index (χ3v) is 3.71. The van der Waals surface area contributed by atoms with Crippen molar-refractivity contribution in [3.8, 4) is 5.75 Å². The largest absolute Gasteiger partial charge is 0.493 e. The van der Waals surface area contributed by atoms with Gasteiger partial charge in [-0.25, -0.2) is 0 Å². The second kappa shape index (κ2) is 5.39. The zero-order chi connectivity index (χ0) is 12.3. The van der Waals surface area contributed by atoms with Crippen LogP contribution in [-0.4, -0.2) is 6.61 Å². The van der Waals surface area contributed by atoms with Crippen molar-refractivity contribution in [2.45, 2.75) is 46.0 Å². The van der Waals surface area contributed by atoms with Crippen molar-refractivity contribution in [2.75, 3.05) is 6.61 Å². The molecule has 1 heterocycles. The molecule has 2 rings (SSSR count). The van der Waals surface area contributed by atoms with Gasteiger partial charge in [-0.1, -0.05) is 30.7 Å². The van der Waals surface area contributed by atoms with Crippen LogP contribution in [0, 0.1) is 0 Å². The summed E-state index contributed by atoms with van der Waals surface area (Å²) in [6, 6.07) is 6.66. The lowest BCUT2D eigenvalue weighted by atomic mass is 9.86. The molecule has 1 aliphatic heterocycles. The van der Waals surface area contributed by atoms with E-state index in [2.05, 4.69) is 45.0 Å². The average molecular weight is 230 g/mol. The fourth-order valence-corrected chi connectivity index (χ4v) is 2.45. The third kappa shape index (κ3) is 2.71. The Kier molecular flexibility index (Phi) is 3.88. The highest BCUT2D eigenvalue weighted by Crippen LogP contribution is 2.37. The maximum Gasteiger partial charge on any atom is 0.122 e. The molecule has 1 atom stereocenters. The molecule has 0 spiro atoms. The minimum Gasteiger partial charge on any atom is -0.493 e. The molecule has 1 aromatic carbocycles. The first-order valence-corrected chi connectivity index (χ1v) is 6.62. The van der Waals surface area contributed by atoms with Gasteiger partial charge in [-0.15, -0.1) is 0 Å². The van der Waals surface area contributed by atoms with Crippen LogP contribution in [0.4, 0.5) is 0 Å². The molecule has 1 unspecified atom stereocenters. The van der Waals surface area contributed by atoms with Crippen LogP contribution in [0.15, 0.2) is 29.8 Å². The summed E-state index contributed by atoms with van der Waals surface area (Å²) in [7, 11) is 0. The summed E-state index contributed by atoms with van der Waals surface area (Å²) >= 11 is 0. The van der Waals surface area contributed by atoms with Crippen molar-refractivity contribution in [3.63, 3.8) is 0 Å². The van der Waals surface area contributed by atoms with E-state index in [0.717, 1.165) is 25.2 Å². The van der Waals surface area contributed by atoms with Crippen LogP contribution in [-0.2, 0) is 6.42 Å². The van der Waals surface area contributed by atoms with E-state index in [4.69, 9.17) is 4.74 Å². The number of fused-ring (bicyclic) bond motifs is 1. The van der Waals surface area contributed by atoms with Crippen LogP contribution in [0.25, 0.3) is 0 Å². The number of hydrogen-bond donors (Lipinski definition) is 0. The van der Waals surface area contributed by atoms with Crippen molar-refractivity contribution in [2.24, 2.45) is 0 Å². The first-order valence-electron chi connectivity index (χ1n) is 6.62. The topological polar surface area (TPSA) is 9.23 Å². The summed E-state index contributed by atoms with van der Waals surface area (Å²) in [6.07, 6.45) is 5.63. The van der Waals surface area contributed by atoms with E-state index in [1.807, 2.05) is 0 Å². The summed E-state index contributed by atoms with van der Waals surface area (Å²) in [6.45, 7) is 7.41. The lowest BCUT2D eigenvalue weighted by Crippen LogP contribution is -2.14. The number of allylic oxidation sites excluding steroid dienone is 2. The zero-order valence-corrected chi connectivity index (χ0v) is 11.1. The number of rotatable bonds is 3. The number of ether oxygens (including phenoxy) is 1. The lowest BCUT2D eigenvalue weighted by molar-refractivity contribution is 0.266. The Bertz CT molecular complexity index is 418. The van der Waals surface area contributed by atoms with Gasteiger partial charge in [0.05, 0.1) is 6.61 Å². The highest BCUT2D eigenvalue weighted by Gasteiger charge is 2.21. The fourth-order valence-electron chi connectivity index (χ4n) is 2.45. The number of aryl methyl sites for hydroxylation is 1. The van der Waals surface area contributed by atoms with Crippen molar-refractivity contribution >= 4 is 0 Å². The predicted octanol–water partition coefficient (Wildman–Crippen LogP) is 4.47. The molecule has 0 saturated heterocycles. The highest BCUT2D eigenvalue weighted by molar-refractivity contribution is 5.41. The third-order valence-electron chi connectivity index (χ3n) is 3.71. The van der Waals surface area contributed by atoms with E-state index >= 15 is 0 Å². The number of benzene rings is 1. The molecule has 92 valence electrons. The van der Waals surface area contributed by atoms with Crippen molar-refractivity contribution in [3.05, 3.63) is 41.0 Å². The second-order valence-corrected chi connectivity index (χ2v) is 4.90. The standard InChI is InChI=1S/C16H22O/c1-4-12(3)10-14-8-9-17-16-7-6-13(5-2)11-15(14)16/h4,6-7,11,14H,5,8-10H2,1-3H3/b12-4+. The smallest absolute Gasteiger partial charge is 0.122 e. The van der Waals surface area contributed by atoms with E-state index in [1.165, 1.54) is 23.1 Å². The van der Waals surface area contributed by atoms with Crippen LogP contribution in [0.5, 0.6) is 5.75 Å². The predicted molar refractivity (Wildman–Crippen MR) is 72.7 cm³/mol. The minimum atomic E-state index is 0.640. The Balaban J connectivity index is 2.28. The van der Waals surface area contributed by atoms with E-state index in [9.17, 15) is 0 Å². The molecule has 0 aromatic heterocycles. The average Bonchev–Trinajstić information content (AvgIpc) is 2.38. The summed E-state index contributed by atoms with van der Waals surface area (Å²) in [4.78, 5) is 0. The number of hydrogen-bond acceptors (Lipinski definition) is 1. The SMILES string of the molecule is C/C=C(\C)CC1CCOc2ccc(CC)cc21. The van der Waals surface area contributed by atoms with Crippen LogP contribution in [0.2, 0.25) is 0 Å². The van der Waals surface area contributed by atoms with Gasteiger partial charge in [-0.2, -0.15) is 0 Å². The Morgan fingerprint density at radius 1 is 1.47 bits per heavy atom. The highest BCUT2D eigenvalue weighted by atomic mass is 16.5. The first kappa shape index (κ1) is 12.2. The van der Waals surface area contributed by atoms with Gasteiger partial charge in [0.1, 0.15) is 5.75 Å².